The van der Waals surface area contributed by atoms with E-state index in [2.05, 4.69) is 15.2 Å². The topological polar surface area (TPSA) is 51.0 Å². The lowest BCUT2D eigenvalue weighted by Crippen LogP contribution is -1.88. The van der Waals surface area contributed by atoms with Crippen molar-refractivity contribution in [3.05, 3.63) is 30.3 Å². The largest absolute Gasteiger partial charge is 0.333 e. The van der Waals surface area contributed by atoms with Crippen LogP contribution in [0.2, 0.25) is 0 Å². The average Bonchev–Trinajstić information content (AvgIpc) is 2.05. The molecule has 0 unspecified atom stereocenters. The highest BCUT2D eigenvalue weighted by molar-refractivity contribution is 5.65. The van der Waals surface area contributed by atoms with Crippen LogP contribution in [-0.2, 0) is 9.63 Å². The van der Waals surface area contributed by atoms with Crippen LogP contribution in [0.25, 0.3) is 0 Å². The molecule has 4 heteroatoms. The van der Waals surface area contributed by atoms with Crippen LogP contribution in [0, 0.1) is 0 Å². The van der Waals surface area contributed by atoms with Crippen LogP contribution in [0.3, 0.4) is 0 Å². The summed E-state index contributed by atoms with van der Waals surface area (Å²) in [5, 5.41) is 6.84. The third kappa shape index (κ3) is 2.92. The molecule has 1 aromatic rings. The van der Waals surface area contributed by atoms with Crippen LogP contribution in [0.15, 0.2) is 40.7 Å². The minimum atomic E-state index is -0.477. The number of rotatable bonds is 2. The second-order valence-electron chi connectivity index (χ2n) is 2.10. The fourth-order valence-electron chi connectivity index (χ4n) is 0.620. The quantitative estimate of drug-likeness (QED) is 0.497. The molecule has 0 amide bonds. The highest BCUT2D eigenvalue weighted by Gasteiger charge is 1.88. The molecule has 0 bridgehead atoms. The van der Waals surface area contributed by atoms with Crippen molar-refractivity contribution < 1.29 is 9.63 Å². The number of benzene rings is 1. The normalized spacial score (nSPS) is 10.1. The Morgan fingerprint density at radius 1 is 1.33 bits per heavy atom. The van der Waals surface area contributed by atoms with Gasteiger partial charge >= 0.3 is 5.97 Å². The van der Waals surface area contributed by atoms with Crippen LogP contribution >= 0.6 is 0 Å². The summed E-state index contributed by atoms with van der Waals surface area (Å²) >= 11 is 0. The van der Waals surface area contributed by atoms with Crippen molar-refractivity contribution in [2.45, 2.75) is 6.92 Å². The van der Waals surface area contributed by atoms with Crippen molar-refractivity contribution in [2.24, 2.45) is 10.4 Å². The van der Waals surface area contributed by atoms with Gasteiger partial charge in [-0.25, -0.2) is 4.79 Å². The van der Waals surface area contributed by atoms with Crippen molar-refractivity contribution in [1.82, 2.24) is 0 Å². The standard InChI is InChI=1S/C8H8N2O2/c1-7(11)12-10-9-8-5-3-2-4-6-8/h2-6H,1H3/b10-9+. The third-order valence-electron chi connectivity index (χ3n) is 1.08. The van der Waals surface area contributed by atoms with Gasteiger partial charge in [-0.2, -0.15) is 0 Å². The summed E-state index contributed by atoms with van der Waals surface area (Å²) in [6, 6.07) is 9.02. The van der Waals surface area contributed by atoms with Gasteiger partial charge in [0.15, 0.2) is 0 Å². The van der Waals surface area contributed by atoms with Gasteiger partial charge in [-0.15, -0.1) is 5.11 Å². The summed E-state index contributed by atoms with van der Waals surface area (Å²) in [7, 11) is 0. The second kappa shape index (κ2) is 4.23. The van der Waals surface area contributed by atoms with Crippen molar-refractivity contribution >= 4 is 11.7 Å². The molecule has 1 rings (SSSR count). The SMILES string of the molecule is CC(=O)O/N=N/c1ccccc1. The molecule has 0 saturated heterocycles. The van der Waals surface area contributed by atoms with E-state index in [0.29, 0.717) is 5.69 Å². The molecule has 0 heterocycles. The summed E-state index contributed by atoms with van der Waals surface area (Å²) < 4.78 is 0. The second-order valence-corrected chi connectivity index (χ2v) is 2.10. The van der Waals surface area contributed by atoms with Crippen LogP contribution in [0.1, 0.15) is 6.92 Å². The number of carbonyl (C=O) groups excluding carboxylic acids is 1. The number of hydrogen-bond donors (Lipinski definition) is 0. The maximum Gasteiger partial charge on any atom is 0.333 e. The number of hydrogen-bond acceptors (Lipinski definition) is 4. The first-order valence-electron chi connectivity index (χ1n) is 3.43. The van der Waals surface area contributed by atoms with E-state index in [9.17, 15) is 4.79 Å². The zero-order chi connectivity index (χ0) is 8.81. The van der Waals surface area contributed by atoms with Gasteiger partial charge in [0, 0.05) is 12.2 Å². The van der Waals surface area contributed by atoms with E-state index in [-0.39, 0.29) is 0 Å². The molecule has 0 aromatic heterocycles. The summed E-state index contributed by atoms with van der Waals surface area (Å²) in [5.74, 6) is -0.477. The smallest absolute Gasteiger partial charge is 0.300 e. The Kier molecular flexibility index (Phi) is 2.95. The molecule has 0 atom stereocenters. The Bertz CT molecular complexity index is 282. The van der Waals surface area contributed by atoms with E-state index in [1.165, 1.54) is 6.92 Å². The highest BCUT2D eigenvalue weighted by Crippen LogP contribution is 2.09. The minimum Gasteiger partial charge on any atom is -0.300 e. The Balaban J connectivity index is 2.52. The van der Waals surface area contributed by atoms with Crippen LogP contribution in [0.4, 0.5) is 5.69 Å². The van der Waals surface area contributed by atoms with Crippen LogP contribution in [-0.4, -0.2) is 5.97 Å². The fourth-order valence-corrected chi connectivity index (χ4v) is 0.620. The zero-order valence-corrected chi connectivity index (χ0v) is 6.60. The maximum absolute atomic E-state index is 10.3. The highest BCUT2D eigenvalue weighted by atomic mass is 16.7. The van der Waals surface area contributed by atoms with E-state index < -0.39 is 5.97 Å². The number of nitrogens with zero attached hydrogens (tertiary/aromatic N) is 2. The van der Waals surface area contributed by atoms with Crippen LogP contribution in [0.5, 0.6) is 0 Å². The van der Waals surface area contributed by atoms with Crippen molar-refractivity contribution in [1.29, 1.82) is 0 Å². The molecule has 62 valence electrons. The Hall–Kier alpha value is -1.71. The van der Waals surface area contributed by atoms with Gasteiger partial charge in [-0.3, -0.25) is 0 Å². The lowest BCUT2D eigenvalue weighted by atomic mass is 10.3. The van der Waals surface area contributed by atoms with Crippen molar-refractivity contribution in [3.63, 3.8) is 0 Å². The first-order chi connectivity index (χ1) is 5.79. The lowest BCUT2D eigenvalue weighted by Gasteiger charge is -1.88. The molecule has 0 radical (unpaired) electrons. The summed E-state index contributed by atoms with van der Waals surface area (Å²) in [5.41, 5.74) is 0.652. The average molecular weight is 164 g/mol. The number of carbonyl (C=O) groups is 1. The summed E-state index contributed by atoms with van der Waals surface area (Å²) in [4.78, 5) is 14.5. The molecule has 0 aliphatic heterocycles. The predicted octanol–water partition coefficient (Wildman–Crippen LogP) is 2.25. The van der Waals surface area contributed by atoms with Gasteiger partial charge < -0.3 is 4.84 Å². The molecular formula is C8H8N2O2. The van der Waals surface area contributed by atoms with Gasteiger partial charge in [0.1, 0.15) is 0 Å². The van der Waals surface area contributed by atoms with Gasteiger partial charge in [0.25, 0.3) is 0 Å². The van der Waals surface area contributed by atoms with E-state index >= 15 is 0 Å². The van der Waals surface area contributed by atoms with Gasteiger partial charge in [0.05, 0.1) is 5.69 Å². The van der Waals surface area contributed by atoms with Crippen LogP contribution < -0.4 is 0 Å². The third-order valence-corrected chi connectivity index (χ3v) is 1.08. The molecule has 1 aromatic carbocycles. The zero-order valence-electron chi connectivity index (χ0n) is 6.60. The van der Waals surface area contributed by atoms with Crippen molar-refractivity contribution in [2.75, 3.05) is 0 Å². The van der Waals surface area contributed by atoms with E-state index in [1.54, 1.807) is 12.1 Å². The van der Waals surface area contributed by atoms with E-state index in [0.717, 1.165) is 0 Å². The predicted molar refractivity (Wildman–Crippen MR) is 42.7 cm³/mol. The Morgan fingerprint density at radius 3 is 2.58 bits per heavy atom. The fraction of sp³-hybridized carbons (Fsp3) is 0.125. The van der Waals surface area contributed by atoms with E-state index in [4.69, 9.17) is 0 Å². The monoisotopic (exact) mass is 164 g/mol. The molecule has 0 N–H and O–H groups in total. The van der Waals surface area contributed by atoms with E-state index in [1.807, 2.05) is 18.2 Å². The lowest BCUT2D eigenvalue weighted by molar-refractivity contribution is -0.141. The van der Waals surface area contributed by atoms with Gasteiger partial charge in [-0.05, 0) is 12.1 Å². The first kappa shape index (κ1) is 8.39. The Morgan fingerprint density at radius 2 is 2.00 bits per heavy atom. The van der Waals surface area contributed by atoms with Gasteiger partial charge in [-0.1, -0.05) is 18.2 Å². The molecule has 0 aliphatic rings. The minimum absolute atomic E-state index is 0.477. The molecule has 4 nitrogen and oxygen atoms in total. The molecular weight excluding hydrogens is 156 g/mol. The summed E-state index contributed by atoms with van der Waals surface area (Å²) in [6.07, 6.45) is 0. The molecule has 0 fully saturated rings. The summed E-state index contributed by atoms with van der Waals surface area (Å²) in [6.45, 7) is 1.27. The molecule has 0 spiro atoms. The molecule has 0 saturated carbocycles. The first-order valence-corrected chi connectivity index (χ1v) is 3.43. The maximum atomic E-state index is 10.3. The van der Waals surface area contributed by atoms with Gasteiger partial charge in [0.2, 0.25) is 0 Å². The molecule has 12 heavy (non-hydrogen) atoms. The van der Waals surface area contributed by atoms with Crippen molar-refractivity contribution in [3.8, 4) is 0 Å². The Labute approximate surface area is 69.8 Å². The molecule has 0 aliphatic carbocycles.